The molecule has 6 nitrogen and oxygen atoms in total. The molecule has 0 fully saturated rings. The Labute approximate surface area is 171 Å². The van der Waals surface area contributed by atoms with E-state index in [4.69, 9.17) is 10.3 Å². The zero-order valence-corrected chi connectivity index (χ0v) is 15.9. The van der Waals surface area contributed by atoms with Crippen LogP contribution in [0.2, 0.25) is 0 Å². The molecule has 3 aromatic heterocycles. The Balaban J connectivity index is 1.51. The molecular weight excluding hydrogens is 381 g/mol. The third-order valence-corrected chi connectivity index (χ3v) is 5.12. The van der Waals surface area contributed by atoms with Gasteiger partial charge in [0.05, 0.1) is 17.6 Å². The standard InChI is InChI=1S/C23H18FN5O/c24-18-9-10-20(14-12-26-27-13-14)28-21(18)11-19(25)15-5-1-2-6-16(15)23-17-7-3-4-8-22(17)30-29-23/h1-10,12-13,19H,11,25H2,(H,26,27). The minimum atomic E-state index is -0.474. The molecule has 7 heteroatoms. The molecule has 2 aromatic carbocycles. The maximum Gasteiger partial charge on any atom is 0.167 e. The number of aromatic amines is 1. The van der Waals surface area contributed by atoms with Gasteiger partial charge in [0.2, 0.25) is 0 Å². The van der Waals surface area contributed by atoms with Gasteiger partial charge in [0.25, 0.3) is 0 Å². The molecule has 1 unspecified atom stereocenters. The van der Waals surface area contributed by atoms with Gasteiger partial charge in [-0.3, -0.25) is 5.10 Å². The summed E-state index contributed by atoms with van der Waals surface area (Å²) in [6.45, 7) is 0. The smallest absolute Gasteiger partial charge is 0.167 e. The number of nitrogens with two attached hydrogens (primary N) is 1. The van der Waals surface area contributed by atoms with Crippen LogP contribution in [0.5, 0.6) is 0 Å². The number of nitrogens with one attached hydrogen (secondary N) is 1. The predicted octanol–water partition coefficient (Wildman–Crippen LogP) is 4.66. The first-order valence-electron chi connectivity index (χ1n) is 9.54. The molecule has 0 spiro atoms. The fourth-order valence-corrected chi connectivity index (χ4v) is 3.61. The minimum absolute atomic E-state index is 0.240. The van der Waals surface area contributed by atoms with E-state index in [1.807, 2.05) is 48.5 Å². The van der Waals surface area contributed by atoms with Crippen LogP contribution in [0.15, 0.2) is 77.6 Å². The van der Waals surface area contributed by atoms with E-state index < -0.39 is 6.04 Å². The van der Waals surface area contributed by atoms with Gasteiger partial charge in [-0.1, -0.05) is 41.6 Å². The number of nitrogens with zero attached hydrogens (tertiary/aromatic N) is 3. The highest BCUT2D eigenvalue weighted by Gasteiger charge is 2.19. The van der Waals surface area contributed by atoms with E-state index in [1.165, 1.54) is 6.07 Å². The molecule has 3 N–H and O–H groups in total. The molecule has 30 heavy (non-hydrogen) atoms. The molecule has 1 atom stereocenters. The molecule has 0 bridgehead atoms. The number of halogens is 1. The normalized spacial score (nSPS) is 12.3. The summed E-state index contributed by atoms with van der Waals surface area (Å²) in [7, 11) is 0. The second kappa shape index (κ2) is 7.53. The summed E-state index contributed by atoms with van der Waals surface area (Å²) in [5.74, 6) is -0.387. The van der Waals surface area contributed by atoms with Crippen LogP contribution in [-0.2, 0) is 6.42 Å². The number of hydrogen-bond donors (Lipinski definition) is 2. The fourth-order valence-electron chi connectivity index (χ4n) is 3.61. The Morgan fingerprint density at radius 1 is 1.03 bits per heavy atom. The number of rotatable bonds is 5. The first-order chi connectivity index (χ1) is 14.7. The van der Waals surface area contributed by atoms with Crippen molar-refractivity contribution < 1.29 is 8.91 Å². The lowest BCUT2D eigenvalue weighted by Crippen LogP contribution is -2.16. The van der Waals surface area contributed by atoms with E-state index in [2.05, 4.69) is 20.3 Å². The van der Waals surface area contributed by atoms with E-state index in [9.17, 15) is 4.39 Å². The van der Waals surface area contributed by atoms with Crippen LogP contribution in [0.25, 0.3) is 33.5 Å². The van der Waals surface area contributed by atoms with Crippen LogP contribution in [0.1, 0.15) is 17.3 Å². The van der Waals surface area contributed by atoms with Crippen molar-refractivity contribution >= 4 is 11.0 Å². The van der Waals surface area contributed by atoms with Gasteiger partial charge in [0.15, 0.2) is 5.58 Å². The number of fused-ring (bicyclic) bond motifs is 1. The Hall–Kier alpha value is -3.84. The zero-order valence-electron chi connectivity index (χ0n) is 15.9. The van der Waals surface area contributed by atoms with Gasteiger partial charge in [-0.05, 0) is 29.8 Å². The quantitative estimate of drug-likeness (QED) is 0.448. The first-order valence-corrected chi connectivity index (χ1v) is 9.54. The number of benzene rings is 2. The number of para-hydroxylation sites is 1. The topological polar surface area (TPSA) is 93.6 Å². The van der Waals surface area contributed by atoms with Crippen molar-refractivity contribution in [2.24, 2.45) is 5.73 Å². The number of H-pyrrole nitrogens is 1. The van der Waals surface area contributed by atoms with Crippen molar-refractivity contribution in [3.63, 3.8) is 0 Å². The summed E-state index contributed by atoms with van der Waals surface area (Å²) in [4.78, 5) is 4.47. The third-order valence-electron chi connectivity index (χ3n) is 5.12. The molecule has 3 heterocycles. The molecule has 0 aliphatic carbocycles. The second-order valence-electron chi connectivity index (χ2n) is 7.04. The maximum atomic E-state index is 14.5. The van der Waals surface area contributed by atoms with Gasteiger partial charge in [0.1, 0.15) is 11.5 Å². The molecule has 5 rings (SSSR count). The van der Waals surface area contributed by atoms with Crippen molar-refractivity contribution in [1.29, 1.82) is 0 Å². The van der Waals surface area contributed by atoms with Gasteiger partial charge in [-0.2, -0.15) is 5.10 Å². The molecular formula is C23H18FN5O. The Morgan fingerprint density at radius 2 is 1.87 bits per heavy atom. The average molecular weight is 399 g/mol. The van der Waals surface area contributed by atoms with Crippen LogP contribution in [0.3, 0.4) is 0 Å². The lowest BCUT2D eigenvalue weighted by atomic mass is 9.94. The van der Waals surface area contributed by atoms with Crippen LogP contribution in [0, 0.1) is 5.82 Å². The highest BCUT2D eigenvalue weighted by Crippen LogP contribution is 2.33. The van der Waals surface area contributed by atoms with Crippen LogP contribution in [0.4, 0.5) is 4.39 Å². The lowest BCUT2D eigenvalue weighted by Gasteiger charge is -2.16. The van der Waals surface area contributed by atoms with Gasteiger partial charge >= 0.3 is 0 Å². The van der Waals surface area contributed by atoms with Gasteiger partial charge in [-0.15, -0.1) is 0 Å². The molecule has 0 saturated heterocycles. The van der Waals surface area contributed by atoms with E-state index in [1.54, 1.807) is 18.5 Å². The summed E-state index contributed by atoms with van der Waals surface area (Å²) in [5, 5.41) is 11.8. The van der Waals surface area contributed by atoms with Crippen LogP contribution >= 0.6 is 0 Å². The summed E-state index contributed by atoms with van der Waals surface area (Å²) in [6.07, 6.45) is 3.61. The van der Waals surface area contributed by atoms with Gasteiger partial charge in [-0.25, -0.2) is 9.37 Å². The van der Waals surface area contributed by atoms with Gasteiger partial charge in [0, 0.05) is 35.2 Å². The number of hydrogen-bond acceptors (Lipinski definition) is 5. The van der Waals surface area contributed by atoms with Crippen molar-refractivity contribution in [2.45, 2.75) is 12.5 Å². The summed E-state index contributed by atoms with van der Waals surface area (Å²) in [5.41, 5.74) is 11.4. The fraction of sp³-hybridized carbons (Fsp3) is 0.0870. The molecule has 0 radical (unpaired) electrons. The Bertz CT molecular complexity index is 1310. The van der Waals surface area contributed by atoms with E-state index in [0.29, 0.717) is 17.0 Å². The Kier molecular flexibility index (Phi) is 4.57. The summed E-state index contributed by atoms with van der Waals surface area (Å²) in [6, 6.07) is 17.9. The van der Waals surface area contributed by atoms with Crippen molar-refractivity contribution in [1.82, 2.24) is 20.3 Å². The maximum absolute atomic E-state index is 14.5. The zero-order chi connectivity index (χ0) is 20.5. The van der Waals surface area contributed by atoms with Crippen molar-refractivity contribution in [2.75, 3.05) is 0 Å². The Morgan fingerprint density at radius 3 is 2.73 bits per heavy atom. The number of pyridine rings is 1. The van der Waals surface area contributed by atoms with E-state index in [-0.39, 0.29) is 12.2 Å². The molecule has 5 aromatic rings. The second-order valence-corrected chi connectivity index (χ2v) is 7.04. The largest absolute Gasteiger partial charge is 0.356 e. The van der Waals surface area contributed by atoms with Crippen molar-refractivity contribution in [3.8, 4) is 22.5 Å². The highest BCUT2D eigenvalue weighted by atomic mass is 19.1. The summed E-state index contributed by atoms with van der Waals surface area (Å²) >= 11 is 0. The first kappa shape index (κ1) is 18.2. The minimum Gasteiger partial charge on any atom is -0.356 e. The highest BCUT2D eigenvalue weighted by molar-refractivity contribution is 5.92. The molecule has 0 saturated carbocycles. The average Bonchev–Trinajstić information content (AvgIpc) is 3.45. The molecule has 0 aliphatic rings. The van der Waals surface area contributed by atoms with Crippen LogP contribution < -0.4 is 5.73 Å². The monoisotopic (exact) mass is 399 g/mol. The molecule has 148 valence electrons. The molecule has 0 amide bonds. The molecule has 0 aliphatic heterocycles. The number of aromatic nitrogens is 4. The van der Waals surface area contributed by atoms with E-state index >= 15 is 0 Å². The van der Waals surface area contributed by atoms with Crippen LogP contribution in [-0.4, -0.2) is 20.3 Å². The third kappa shape index (κ3) is 3.25. The lowest BCUT2D eigenvalue weighted by molar-refractivity contribution is 0.459. The van der Waals surface area contributed by atoms with Crippen molar-refractivity contribution in [3.05, 3.63) is 90.1 Å². The predicted molar refractivity (Wildman–Crippen MR) is 112 cm³/mol. The van der Waals surface area contributed by atoms with Gasteiger partial charge < -0.3 is 10.3 Å². The van der Waals surface area contributed by atoms with E-state index in [0.717, 1.165) is 27.8 Å². The SMILES string of the molecule is NC(Cc1nc(-c2cn[nH]c2)ccc1F)c1ccccc1-c1noc2ccccc12. The summed E-state index contributed by atoms with van der Waals surface area (Å²) < 4.78 is 20.0.